The maximum absolute atomic E-state index is 15.0. The Balaban J connectivity index is 1.66. The Morgan fingerprint density at radius 1 is 1.26 bits per heavy atom. The van der Waals surface area contributed by atoms with E-state index in [1.165, 1.54) is 6.07 Å². The van der Waals surface area contributed by atoms with E-state index in [2.05, 4.69) is 5.32 Å². The van der Waals surface area contributed by atoms with E-state index in [0.29, 0.717) is 35.3 Å². The smallest absolute Gasteiger partial charge is 0.343 e. The van der Waals surface area contributed by atoms with Gasteiger partial charge in [0.25, 0.3) is 5.56 Å². The highest BCUT2D eigenvalue weighted by Gasteiger charge is 2.46. The molecule has 1 aromatic carbocycles. The molecule has 1 aliphatic carbocycles. The third-order valence-corrected chi connectivity index (χ3v) is 8.65. The number of aromatic nitrogens is 2. The molecule has 2 aliphatic heterocycles. The molecule has 0 unspecified atom stereocenters. The summed E-state index contributed by atoms with van der Waals surface area (Å²) in [7, 11) is 0. The van der Waals surface area contributed by atoms with Gasteiger partial charge in [-0.3, -0.25) is 4.79 Å². The molecule has 0 spiro atoms. The number of fused-ring (bicyclic) bond motifs is 5. The summed E-state index contributed by atoms with van der Waals surface area (Å²) in [6.45, 7) is 7.51. The number of carbonyl (C=O) groups is 1. The zero-order chi connectivity index (χ0) is 27.1. The van der Waals surface area contributed by atoms with Gasteiger partial charge in [-0.05, 0) is 48.9 Å². The largest absolute Gasteiger partial charge is 0.458 e. The lowest BCUT2D eigenvalue weighted by Crippen LogP contribution is -2.44. The number of esters is 1. The second kappa shape index (κ2) is 8.69. The quantitative estimate of drug-likeness (QED) is 0.346. The highest BCUT2D eigenvalue weighted by atomic mass is 19.1. The van der Waals surface area contributed by atoms with Gasteiger partial charge in [0.1, 0.15) is 12.4 Å². The van der Waals surface area contributed by atoms with Crippen molar-refractivity contribution in [1.82, 2.24) is 14.9 Å². The Morgan fingerprint density at radius 3 is 2.71 bits per heavy atom. The summed E-state index contributed by atoms with van der Waals surface area (Å²) in [5.41, 5.74) is 3.18. The molecular weight excluding hydrogens is 489 g/mol. The standard InChI is InChI=1S/C29H32FN3O5/c1-5-29(37)19-8-23-26-17(10-33(23)27(35)18(19)12-38-28(29)36)24-16(22(11-34)31-13(2)3)7-6-15-14(4)20(30)9-21(32-26)25(15)24/h8-9,13,16,22,31,34,37H,5-7,10-12H2,1-4H3/t16-,22-,29+/m1/s1. The average Bonchev–Trinajstić information content (AvgIpc) is 3.27. The molecule has 0 saturated carbocycles. The van der Waals surface area contributed by atoms with Crippen LogP contribution in [-0.4, -0.2) is 44.4 Å². The van der Waals surface area contributed by atoms with Crippen LogP contribution in [0.5, 0.6) is 0 Å². The summed E-state index contributed by atoms with van der Waals surface area (Å²) in [4.78, 5) is 31.1. The van der Waals surface area contributed by atoms with Crippen molar-refractivity contribution in [2.45, 2.75) is 83.7 Å². The Kier molecular flexibility index (Phi) is 5.75. The van der Waals surface area contributed by atoms with Crippen molar-refractivity contribution >= 4 is 16.9 Å². The number of nitrogens with zero attached hydrogens (tertiary/aromatic N) is 2. The van der Waals surface area contributed by atoms with Crippen LogP contribution in [0.1, 0.15) is 72.9 Å². The van der Waals surface area contributed by atoms with Crippen molar-refractivity contribution in [3.63, 3.8) is 0 Å². The van der Waals surface area contributed by atoms with Crippen LogP contribution in [0, 0.1) is 12.7 Å². The normalized spacial score (nSPS) is 22.3. The van der Waals surface area contributed by atoms with Crippen LogP contribution in [-0.2, 0) is 34.7 Å². The second-order valence-corrected chi connectivity index (χ2v) is 11.1. The number of pyridine rings is 2. The molecule has 0 amide bonds. The van der Waals surface area contributed by atoms with Crippen LogP contribution in [0.2, 0.25) is 0 Å². The fourth-order valence-electron chi connectivity index (χ4n) is 6.72. The van der Waals surface area contributed by atoms with Gasteiger partial charge in [-0.2, -0.15) is 0 Å². The van der Waals surface area contributed by atoms with E-state index < -0.39 is 11.6 Å². The van der Waals surface area contributed by atoms with E-state index >= 15 is 4.39 Å². The molecule has 3 atom stereocenters. The molecule has 0 radical (unpaired) electrons. The number of aliphatic hydroxyl groups excluding tert-OH is 1. The molecule has 3 N–H and O–H groups in total. The first kappa shape index (κ1) is 25.2. The topological polar surface area (TPSA) is 114 Å². The molecule has 0 saturated heterocycles. The minimum absolute atomic E-state index is 0.0555. The number of ether oxygens (including phenoxy) is 1. The number of aliphatic hydroxyl groups is 2. The molecule has 3 aromatic rings. The van der Waals surface area contributed by atoms with E-state index in [1.54, 1.807) is 24.5 Å². The zero-order valence-electron chi connectivity index (χ0n) is 22.0. The molecular formula is C29H32FN3O5. The Hall–Kier alpha value is -3.14. The van der Waals surface area contributed by atoms with Crippen LogP contribution in [0.3, 0.4) is 0 Å². The first-order chi connectivity index (χ1) is 18.1. The number of hydrogen-bond donors (Lipinski definition) is 3. The van der Waals surface area contributed by atoms with Gasteiger partial charge in [-0.25, -0.2) is 14.2 Å². The molecule has 38 heavy (non-hydrogen) atoms. The van der Waals surface area contributed by atoms with Gasteiger partial charge in [0.2, 0.25) is 0 Å². The monoisotopic (exact) mass is 521 g/mol. The van der Waals surface area contributed by atoms with Crippen LogP contribution in [0.15, 0.2) is 16.9 Å². The van der Waals surface area contributed by atoms with Crippen molar-refractivity contribution < 1.29 is 24.1 Å². The van der Waals surface area contributed by atoms with E-state index in [-0.39, 0.29) is 66.7 Å². The SMILES string of the molecule is CC[C@@]1(O)C(=O)OCc2c1cc1n(c2=O)Cc2c-1nc1cc(F)c(C)c3c1c2[C@@H]([C@@H](CO)NC(C)C)CC3. The minimum atomic E-state index is -1.92. The summed E-state index contributed by atoms with van der Waals surface area (Å²) in [6, 6.07) is 3.04. The Labute approximate surface area is 219 Å². The van der Waals surface area contributed by atoms with Gasteiger partial charge in [-0.1, -0.05) is 20.8 Å². The zero-order valence-corrected chi connectivity index (χ0v) is 22.0. The summed E-state index contributed by atoms with van der Waals surface area (Å²) in [6.07, 6.45) is 1.44. The average molecular weight is 522 g/mol. The van der Waals surface area contributed by atoms with Crippen molar-refractivity contribution in [3.8, 4) is 11.4 Å². The fraction of sp³-hybridized carbons (Fsp3) is 0.483. The highest BCUT2D eigenvalue weighted by molar-refractivity contribution is 5.93. The number of carbonyl (C=O) groups excluding carboxylic acids is 1. The van der Waals surface area contributed by atoms with Crippen molar-refractivity contribution in [3.05, 3.63) is 61.7 Å². The third-order valence-electron chi connectivity index (χ3n) is 8.65. The summed E-state index contributed by atoms with van der Waals surface area (Å²) < 4.78 is 21.8. The first-order valence-electron chi connectivity index (χ1n) is 13.3. The Morgan fingerprint density at radius 2 is 2.03 bits per heavy atom. The van der Waals surface area contributed by atoms with Gasteiger partial charge in [-0.15, -0.1) is 0 Å². The molecule has 3 aliphatic rings. The maximum atomic E-state index is 15.0. The predicted octanol–water partition coefficient (Wildman–Crippen LogP) is 2.92. The second-order valence-electron chi connectivity index (χ2n) is 11.1. The molecule has 4 heterocycles. The predicted molar refractivity (Wildman–Crippen MR) is 139 cm³/mol. The molecule has 6 rings (SSSR count). The molecule has 9 heteroatoms. The van der Waals surface area contributed by atoms with Gasteiger partial charge >= 0.3 is 5.97 Å². The van der Waals surface area contributed by atoms with Crippen molar-refractivity contribution in [1.29, 1.82) is 0 Å². The van der Waals surface area contributed by atoms with Crippen LogP contribution in [0.25, 0.3) is 22.3 Å². The fourth-order valence-corrected chi connectivity index (χ4v) is 6.72. The van der Waals surface area contributed by atoms with Gasteiger partial charge < -0.3 is 24.8 Å². The summed E-state index contributed by atoms with van der Waals surface area (Å²) in [5.74, 6) is -1.17. The minimum Gasteiger partial charge on any atom is -0.458 e. The van der Waals surface area contributed by atoms with Gasteiger partial charge in [0, 0.05) is 40.6 Å². The molecule has 0 bridgehead atoms. The van der Waals surface area contributed by atoms with Crippen LogP contribution < -0.4 is 10.9 Å². The van der Waals surface area contributed by atoms with E-state index in [1.807, 2.05) is 13.8 Å². The van der Waals surface area contributed by atoms with Gasteiger partial charge in [0.05, 0.1) is 35.6 Å². The third kappa shape index (κ3) is 3.34. The number of hydrogen-bond acceptors (Lipinski definition) is 7. The van der Waals surface area contributed by atoms with Crippen molar-refractivity contribution in [2.24, 2.45) is 0 Å². The number of rotatable bonds is 5. The lowest BCUT2D eigenvalue weighted by molar-refractivity contribution is -0.172. The lowest BCUT2D eigenvalue weighted by Gasteiger charge is -2.35. The first-order valence-corrected chi connectivity index (χ1v) is 13.3. The summed E-state index contributed by atoms with van der Waals surface area (Å²) in [5, 5.41) is 26.0. The molecule has 200 valence electrons. The van der Waals surface area contributed by atoms with E-state index in [9.17, 15) is 19.8 Å². The summed E-state index contributed by atoms with van der Waals surface area (Å²) >= 11 is 0. The lowest BCUT2D eigenvalue weighted by atomic mass is 9.75. The van der Waals surface area contributed by atoms with Crippen LogP contribution >= 0.6 is 0 Å². The van der Waals surface area contributed by atoms with E-state index in [0.717, 1.165) is 22.1 Å². The number of aryl methyl sites for hydroxylation is 1. The number of cyclic esters (lactones) is 1. The molecule has 8 nitrogen and oxygen atoms in total. The number of benzene rings is 1. The van der Waals surface area contributed by atoms with Gasteiger partial charge in [0.15, 0.2) is 5.60 Å². The Bertz CT molecular complexity index is 1580. The molecule has 0 fully saturated rings. The maximum Gasteiger partial charge on any atom is 0.343 e. The highest BCUT2D eigenvalue weighted by Crippen LogP contribution is 2.47. The van der Waals surface area contributed by atoms with Crippen molar-refractivity contribution in [2.75, 3.05) is 6.61 Å². The van der Waals surface area contributed by atoms with Crippen LogP contribution in [0.4, 0.5) is 4.39 Å². The number of halogens is 1. The van der Waals surface area contributed by atoms with E-state index in [4.69, 9.17) is 9.72 Å². The number of nitrogens with one attached hydrogen (secondary N) is 1. The molecule has 2 aromatic heterocycles.